The highest BCUT2D eigenvalue weighted by atomic mass is 16.5. The summed E-state index contributed by atoms with van der Waals surface area (Å²) < 4.78 is 5.41. The molecule has 0 unspecified atom stereocenters. The van der Waals surface area contributed by atoms with Crippen LogP contribution >= 0.6 is 0 Å². The summed E-state index contributed by atoms with van der Waals surface area (Å²) in [4.78, 5) is 4.24. The maximum atomic E-state index is 5.41. The van der Waals surface area contributed by atoms with Crippen LogP contribution in [0.2, 0.25) is 0 Å². The number of aromatic nitrogens is 1. The van der Waals surface area contributed by atoms with E-state index in [4.69, 9.17) is 4.52 Å². The Hall–Kier alpha value is -3.08. The van der Waals surface area contributed by atoms with Gasteiger partial charge in [0.15, 0.2) is 11.7 Å². The van der Waals surface area contributed by atoms with Gasteiger partial charge in [-0.1, -0.05) is 65.3 Å². The average molecular weight is 334 g/mol. The molecule has 2 aromatic carbocycles. The lowest BCUT2D eigenvalue weighted by Gasteiger charge is -2.11. The Bertz CT molecular complexity index is 840. The molecule has 1 aromatic heterocycles. The van der Waals surface area contributed by atoms with Gasteiger partial charge in [0.1, 0.15) is 5.69 Å². The van der Waals surface area contributed by atoms with Crippen LogP contribution in [0.5, 0.6) is 0 Å². The summed E-state index contributed by atoms with van der Waals surface area (Å²) >= 11 is 0. The van der Waals surface area contributed by atoms with Gasteiger partial charge in [-0.2, -0.15) is 0 Å². The molecule has 0 aliphatic carbocycles. The van der Waals surface area contributed by atoms with Crippen molar-refractivity contribution in [2.24, 2.45) is 4.99 Å². The van der Waals surface area contributed by atoms with Crippen LogP contribution < -0.4 is 10.6 Å². The molecule has 0 radical (unpaired) electrons. The third-order valence-corrected chi connectivity index (χ3v) is 3.82. The van der Waals surface area contributed by atoms with Crippen molar-refractivity contribution >= 4 is 5.96 Å². The number of benzene rings is 2. The number of rotatable bonds is 5. The lowest BCUT2D eigenvalue weighted by atomic mass is 10.1. The van der Waals surface area contributed by atoms with Crippen molar-refractivity contribution in [2.75, 3.05) is 7.05 Å². The Balaban J connectivity index is 1.54. The van der Waals surface area contributed by atoms with E-state index in [-0.39, 0.29) is 0 Å². The van der Waals surface area contributed by atoms with E-state index in [1.807, 2.05) is 36.4 Å². The molecule has 0 aliphatic heterocycles. The molecule has 1 heterocycles. The molecule has 0 amide bonds. The van der Waals surface area contributed by atoms with Gasteiger partial charge >= 0.3 is 0 Å². The fourth-order valence-electron chi connectivity index (χ4n) is 2.54. The second-order valence-corrected chi connectivity index (χ2v) is 5.82. The normalized spacial score (nSPS) is 11.4. The van der Waals surface area contributed by atoms with Gasteiger partial charge in [0.05, 0.1) is 6.54 Å². The van der Waals surface area contributed by atoms with Gasteiger partial charge in [-0.05, 0) is 12.5 Å². The second kappa shape index (κ2) is 8.15. The van der Waals surface area contributed by atoms with Gasteiger partial charge in [0.2, 0.25) is 0 Å². The molecule has 0 aliphatic rings. The van der Waals surface area contributed by atoms with Crippen molar-refractivity contribution in [1.29, 1.82) is 0 Å². The first-order chi connectivity index (χ1) is 12.2. The van der Waals surface area contributed by atoms with Gasteiger partial charge in [-0.25, -0.2) is 0 Å². The molecule has 0 saturated carbocycles. The molecular formula is C20H22N4O. The Kier molecular flexibility index (Phi) is 5.46. The molecule has 3 aromatic rings. The van der Waals surface area contributed by atoms with Crippen LogP contribution in [0.4, 0.5) is 0 Å². The van der Waals surface area contributed by atoms with E-state index in [1.54, 1.807) is 7.05 Å². The van der Waals surface area contributed by atoms with Crippen LogP contribution in [0, 0.1) is 6.92 Å². The number of nitrogens with zero attached hydrogens (tertiary/aromatic N) is 2. The smallest absolute Gasteiger partial charge is 0.191 e. The number of aryl methyl sites for hydroxylation is 1. The molecule has 0 saturated heterocycles. The van der Waals surface area contributed by atoms with E-state index in [9.17, 15) is 0 Å². The van der Waals surface area contributed by atoms with E-state index in [0.29, 0.717) is 6.54 Å². The minimum atomic E-state index is 0.545. The first kappa shape index (κ1) is 16.8. The molecular weight excluding hydrogens is 312 g/mol. The highest BCUT2D eigenvalue weighted by Crippen LogP contribution is 2.19. The lowest BCUT2D eigenvalue weighted by Crippen LogP contribution is -2.36. The van der Waals surface area contributed by atoms with E-state index in [2.05, 4.69) is 52.0 Å². The first-order valence-corrected chi connectivity index (χ1v) is 8.25. The van der Waals surface area contributed by atoms with Crippen molar-refractivity contribution in [1.82, 2.24) is 15.8 Å². The summed E-state index contributed by atoms with van der Waals surface area (Å²) in [6.45, 7) is 3.35. The Labute approximate surface area is 147 Å². The number of guanidine groups is 1. The molecule has 0 fully saturated rings. The Morgan fingerprint density at radius 1 is 1.00 bits per heavy atom. The number of nitrogens with one attached hydrogen (secondary N) is 2. The topological polar surface area (TPSA) is 62.5 Å². The SMILES string of the molecule is CN=C(NCc1cccc(C)c1)NCc1cc(-c2ccccc2)on1. The fourth-order valence-corrected chi connectivity index (χ4v) is 2.54. The van der Waals surface area contributed by atoms with Gasteiger partial charge in [-0.3, -0.25) is 4.99 Å². The van der Waals surface area contributed by atoms with Crippen molar-refractivity contribution < 1.29 is 4.52 Å². The van der Waals surface area contributed by atoms with E-state index in [0.717, 1.165) is 29.5 Å². The molecule has 128 valence electrons. The number of aliphatic imine (C=N–C) groups is 1. The molecule has 5 nitrogen and oxygen atoms in total. The molecule has 0 bridgehead atoms. The maximum Gasteiger partial charge on any atom is 0.191 e. The largest absolute Gasteiger partial charge is 0.356 e. The van der Waals surface area contributed by atoms with E-state index in [1.165, 1.54) is 11.1 Å². The third-order valence-electron chi connectivity index (χ3n) is 3.82. The zero-order chi connectivity index (χ0) is 17.5. The third kappa shape index (κ3) is 4.70. The highest BCUT2D eigenvalue weighted by Gasteiger charge is 2.07. The lowest BCUT2D eigenvalue weighted by molar-refractivity contribution is 0.422. The Morgan fingerprint density at radius 2 is 1.80 bits per heavy atom. The fraction of sp³-hybridized carbons (Fsp3) is 0.200. The summed E-state index contributed by atoms with van der Waals surface area (Å²) in [5.41, 5.74) is 4.31. The molecule has 3 rings (SSSR count). The molecule has 2 N–H and O–H groups in total. The monoisotopic (exact) mass is 334 g/mol. The molecule has 0 atom stereocenters. The minimum absolute atomic E-state index is 0.545. The standard InChI is InChI=1S/C20H22N4O/c1-15-7-6-8-16(11-15)13-22-20(21-2)23-14-18-12-19(25-24-18)17-9-4-3-5-10-17/h3-12H,13-14H2,1-2H3,(H2,21,22,23). The van der Waals surface area contributed by atoms with Crippen LogP contribution in [0.3, 0.4) is 0 Å². The Morgan fingerprint density at radius 3 is 2.56 bits per heavy atom. The molecule has 5 heteroatoms. The van der Waals surface area contributed by atoms with Crippen LogP contribution in [0.25, 0.3) is 11.3 Å². The average Bonchev–Trinajstić information content (AvgIpc) is 3.12. The van der Waals surface area contributed by atoms with Crippen LogP contribution in [0.15, 0.2) is 70.2 Å². The van der Waals surface area contributed by atoms with Gasteiger partial charge in [0, 0.05) is 25.2 Å². The number of hydrogen-bond donors (Lipinski definition) is 2. The second-order valence-electron chi connectivity index (χ2n) is 5.82. The predicted octanol–water partition coefficient (Wildman–Crippen LogP) is 3.52. The zero-order valence-electron chi connectivity index (χ0n) is 14.5. The van der Waals surface area contributed by atoms with Gasteiger partial charge in [-0.15, -0.1) is 0 Å². The van der Waals surface area contributed by atoms with Crippen molar-refractivity contribution in [3.05, 3.63) is 77.5 Å². The molecule has 0 spiro atoms. The van der Waals surface area contributed by atoms with Crippen molar-refractivity contribution in [3.8, 4) is 11.3 Å². The predicted molar refractivity (Wildman–Crippen MR) is 100 cm³/mol. The van der Waals surface area contributed by atoms with E-state index < -0.39 is 0 Å². The minimum Gasteiger partial charge on any atom is -0.356 e. The van der Waals surface area contributed by atoms with E-state index >= 15 is 0 Å². The van der Waals surface area contributed by atoms with Crippen LogP contribution in [-0.2, 0) is 13.1 Å². The van der Waals surface area contributed by atoms with Gasteiger partial charge < -0.3 is 15.2 Å². The van der Waals surface area contributed by atoms with Crippen molar-refractivity contribution in [3.63, 3.8) is 0 Å². The quantitative estimate of drug-likeness (QED) is 0.554. The van der Waals surface area contributed by atoms with Crippen molar-refractivity contribution in [2.45, 2.75) is 20.0 Å². The summed E-state index contributed by atoms with van der Waals surface area (Å²) in [5, 5.41) is 10.7. The maximum absolute atomic E-state index is 5.41. The summed E-state index contributed by atoms with van der Waals surface area (Å²) in [6, 6.07) is 20.3. The van der Waals surface area contributed by atoms with Crippen LogP contribution in [0.1, 0.15) is 16.8 Å². The van der Waals surface area contributed by atoms with Gasteiger partial charge in [0.25, 0.3) is 0 Å². The summed E-state index contributed by atoms with van der Waals surface area (Å²) in [7, 11) is 1.75. The van der Waals surface area contributed by atoms with Crippen LogP contribution in [-0.4, -0.2) is 18.2 Å². The summed E-state index contributed by atoms with van der Waals surface area (Å²) in [5.74, 6) is 1.49. The first-order valence-electron chi connectivity index (χ1n) is 8.25. The molecule has 25 heavy (non-hydrogen) atoms. The zero-order valence-corrected chi connectivity index (χ0v) is 14.5. The number of hydrogen-bond acceptors (Lipinski definition) is 3. The summed E-state index contributed by atoms with van der Waals surface area (Å²) in [6.07, 6.45) is 0. The highest BCUT2D eigenvalue weighted by molar-refractivity contribution is 5.79.